The van der Waals surface area contributed by atoms with Crippen molar-refractivity contribution in [2.45, 2.75) is 32.7 Å². The lowest BCUT2D eigenvalue weighted by molar-refractivity contribution is 0.0963. The summed E-state index contributed by atoms with van der Waals surface area (Å²) in [6.45, 7) is 7.49. The quantitative estimate of drug-likeness (QED) is 0.239. The van der Waals surface area contributed by atoms with Crippen molar-refractivity contribution in [3.8, 4) is 0 Å². The number of carbonyl (C=O) groups is 1. The molecule has 1 aliphatic rings. The standard InChI is InChI=1S/C20H33N5O.HI/c1-16-8-12-25(13-9-16)11-5-10-23-20(22-3)24-15-17-6-4-7-18(14-17)19(26)21-2;/h4,6-7,14,16H,5,8-13,15H2,1-3H3,(H,21,26)(H2,22,23,24);1H. The number of likely N-dealkylation sites (tertiary alicyclic amines) is 1. The van der Waals surface area contributed by atoms with Crippen molar-refractivity contribution >= 4 is 35.8 Å². The molecule has 0 aliphatic carbocycles. The van der Waals surface area contributed by atoms with Gasteiger partial charge in [-0.3, -0.25) is 9.79 Å². The van der Waals surface area contributed by atoms with Gasteiger partial charge in [0.2, 0.25) is 0 Å². The number of hydrogen-bond donors (Lipinski definition) is 3. The van der Waals surface area contributed by atoms with Gasteiger partial charge in [0.1, 0.15) is 0 Å². The van der Waals surface area contributed by atoms with Gasteiger partial charge in [0.05, 0.1) is 0 Å². The number of benzene rings is 1. The van der Waals surface area contributed by atoms with Crippen molar-refractivity contribution in [3.63, 3.8) is 0 Å². The summed E-state index contributed by atoms with van der Waals surface area (Å²) in [6.07, 6.45) is 3.76. The molecule has 27 heavy (non-hydrogen) atoms. The fraction of sp³-hybridized carbons (Fsp3) is 0.600. The van der Waals surface area contributed by atoms with Gasteiger partial charge in [-0.25, -0.2) is 0 Å². The van der Waals surface area contributed by atoms with E-state index in [0.29, 0.717) is 12.1 Å². The first-order chi connectivity index (χ1) is 12.6. The monoisotopic (exact) mass is 487 g/mol. The Labute approximate surface area is 180 Å². The van der Waals surface area contributed by atoms with Crippen molar-refractivity contribution in [3.05, 3.63) is 35.4 Å². The van der Waals surface area contributed by atoms with E-state index in [0.717, 1.165) is 37.0 Å². The summed E-state index contributed by atoms with van der Waals surface area (Å²) in [5.41, 5.74) is 1.72. The summed E-state index contributed by atoms with van der Waals surface area (Å²) >= 11 is 0. The molecular weight excluding hydrogens is 453 g/mol. The van der Waals surface area contributed by atoms with Crippen LogP contribution in [0.3, 0.4) is 0 Å². The van der Waals surface area contributed by atoms with Gasteiger partial charge in [-0.05, 0) is 62.5 Å². The molecule has 0 aromatic heterocycles. The van der Waals surface area contributed by atoms with E-state index in [1.54, 1.807) is 14.1 Å². The minimum atomic E-state index is -0.0681. The van der Waals surface area contributed by atoms with Crippen molar-refractivity contribution in [2.75, 3.05) is 40.3 Å². The second-order valence-corrected chi connectivity index (χ2v) is 7.01. The Morgan fingerprint density at radius 3 is 2.67 bits per heavy atom. The number of halogens is 1. The van der Waals surface area contributed by atoms with Crippen LogP contribution in [0.1, 0.15) is 42.1 Å². The smallest absolute Gasteiger partial charge is 0.251 e. The molecule has 7 heteroatoms. The predicted octanol–water partition coefficient (Wildman–Crippen LogP) is 2.45. The van der Waals surface area contributed by atoms with Crippen LogP contribution in [0, 0.1) is 5.92 Å². The molecular formula is C20H34IN5O. The zero-order valence-electron chi connectivity index (χ0n) is 16.8. The molecule has 1 saturated heterocycles. The number of amides is 1. The third-order valence-electron chi connectivity index (χ3n) is 4.92. The maximum atomic E-state index is 11.7. The van der Waals surface area contributed by atoms with Gasteiger partial charge in [0.25, 0.3) is 5.91 Å². The number of nitrogens with one attached hydrogen (secondary N) is 3. The molecule has 1 aromatic rings. The number of hydrogen-bond acceptors (Lipinski definition) is 3. The molecule has 0 saturated carbocycles. The Hall–Kier alpha value is -1.35. The van der Waals surface area contributed by atoms with Crippen LogP contribution in [0.2, 0.25) is 0 Å². The lowest BCUT2D eigenvalue weighted by atomic mass is 9.99. The Morgan fingerprint density at radius 2 is 2.00 bits per heavy atom. The topological polar surface area (TPSA) is 68.8 Å². The highest BCUT2D eigenvalue weighted by Crippen LogP contribution is 2.15. The normalized spacial score (nSPS) is 15.7. The maximum absolute atomic E-state index is 11.7. The van der Waals surface area contributed by atoms with Crippen LogP contribution in [0.15, 0.2) is 29.3 Å². The molecule has 0 unspecified atom stereocenters. The lowest BCUT2D eigenvalue weighted by Gasteiger charge is -2.30. The van der Waals surface area contributed by atoms with Gasteiger partial charge >= 0.3 is 0 Å². The fourth-order valence-corrected chi connectivity index (χ4v) is 3.17. The highest BCUT2D eigenvalue weighted by Gasteiger charge is 2.14. The van der Waals surface area contributed by atoms with Crippen molar-refractivity contribution in [2.24, 2.45) is 10.9 Å². The minimum absolute atomic E-state index is 0. The van der Waals surface area contributed by atoms with Crippen molar-refractivity contribution < 1.29 is 4.79 Å². The van der Waals surface area contributed by atoms with Crippen LogP contribution in [0.4, 0.5) is 0 Å². The van der Waals surface area contributed by atoms with Crippen LogP contribution in [0.5, 0.6) is 0 Å². The lowest BCUT2D eigenvalue weighted by Crippen LogP contribution is -2.39. The molecule has 0 spiro atoms. The Bertz CT molecular complexity index is 600. The summed E-state index contributed by atoms with van der Waals surface area (Å²) in [5.74, 6) is 1.61. The number of aliphatic imine (C=N–C) groups is 1. The predicted molar refractivity (Wildman–Crippen MR) is 123 cm³/mol. The van der Waals surface area contributed by atoms with Gasteiger partial charge in [0.15, 0.2) is 5.96 Å². The molecule has 1 fully saturated rings. The van der Waals surface area contributed by atoms with E-state index in [2.05, 4.69) is 32.8 Å². The fourth-order valence-electron chi connectivity index (χ4n) is 3.17. The zero-order chi connectivity index (χ0) is 18.8. The summed E-state index contributed by atoms with van der Waals surface area (Å²) in [4.78, 5) is 18.5. The Balaban J connectivity index is 0.00000364. The first-order valence-electron chi connectivity index (χ1n) is 9.60. The number of guanidine groups is 1. The highest BCUT2D eigenvalue weighted by atomic mass is 127. The number of rotatable bonds is 7. The van der Waals surface area contributed by atoms with Gasteiger partial charge < -0.3 is 20.9 Å². The van der Waals surface area contributed by atoms with Crippen LogP contribution >= 0.6 is 24.0 Å². The van der Waals surface area contributed by atoms with E-state index in [-0.39, 0.29) is 29.9 Å². The van der Waals surface area contributed by atoms with E-state index in [9.17, 15) is 4.79 Å². The molecule has 0 bridgehead atoms. The first-order valence-corrected chi connectivity index (χ1v) is 9.60. The number of nitrogens with zero attached hydrogens (tertiary/aromatic N) is 2. The molecule has 2 rings (SSSR count). The van der Waals surface area contributed by atoms with Crippen molar-refractivity contribution in [1.29, 1.82) is 0 Å². The largest absolute Gasteiger partial charge is 0.356 e. The van der Waals surface area contributed by atoms with Crippen LogP contribution in [-0.2, 0) is 6.54 Å². The third kappa shape index (κ3) is 8.47. The molecule has 1 heterocycles. The van der Waals surface area contributed by atoms with Gasteiger partial charge in [-0.2, -0.15) is 0 Å². The van der Waals surface area contributed by atoms with Crippen LogP contribution < -0.4 is 16.0 Å². The molecule has 0 radical (unpaired) electrons. The van der Waals surface area contributed by atoms with E-state index in [4.69, 9.17) is 0 Å². The molecule has 1 aliphatic heterocycles. The molecule has 152 valence electrons. The molecule has 1 amide bonds. The highest BCUT2D eigenvalue weighted by molar-refractivity contribution is 14.0. The Morgan fingerprint density at radius 1 is 1.26 bits per heavy atom. The van der Waals surface area contributed by atoms with Gasteiger partial charge in [0, 0.05) is 32.7 Å². The molecule has 6 nitrogen and oxygen atoms in total. The SMILES string of the molecule is CN=C(NCCCN1CCC(C)CC1)NCc1cccc(C(=O)NC)c1.I. The van der Waals surface area contributed by atoms with E-state index >= 15 is 0 Å². The number of carbonyl (C=O) groups excluding carboxylic acids is 1. The molecule has 0 atom stereocenters. The van der Waals surface area contributed by atoms with Crippen LogP contribution in [0.25, 0.3) is 0 Å². The maximum Gasteiger partial charge on any atom is 0.251 e. The van der Waals surface area contributed by atoms with E-state index in [1.165, 1.54) is 25.9 Å². The molecule has 1 aromatic carbocycles. The zero-order valence-corrected chi connectivity index (χ0v) is 19.1. The molecule has 3 N–H and O–H groups in total. The second kappa shape index (κ2) is 12.9. The number of piperidine rings is 1. The first kappa shape index (κ1) is 23.7. The Kier molecular flexibility index (Phi) is 11.3. The third-order valence-corrected chi connectivity index (χ3v) is 4.92. The van der Waals surface area contributed by atoms with E-state index in [1.807, 2.05) is 24.3 Å². The van der Waals surface area contributed by atoms with Gasteiger partial charge in [-0.1, -0.05) is 19.1 Å². The summed E-state index contributed by atoms with van der Waals surface area (Å²) in [7, 11) is 3.42. The van der Waals surface area contributed by atoms with Crippen LogP contribution in [-0.4, -0.2) is 57.0 Å². The average Bonchev–Trinajstić information content (AvgIpc) is 2.68. The summed E-state index contributed by atoms with van der Waals surface area (Å²) in [5, 5.41) is 9.33. The second-order valence-electron chi connectivity index (χ2n) is 7.01. The summed E-state index contributed by atoms with van der Waals surface area (Å²) in [6, 6.07) is 7.62. The van der Waals surface area contributed by atoms with E-state index < -0.39 is 0 Å². The average molecular weight is 487 g/mol. The summed E-state index contributed by atoms with van der Waals surface area (Å²) < 4.78 is 0. The van der Waals surface area contributed by atoms with Crippen molar-refractivity contribution in [1.82, 2.24) is 20.9 Å². The van der Waals surface area contributed by atoms with Gasteiger partial charge in [-0.15, -0.1) is 24.0 Å². The minimum Gasteiger partial charge on any atom is -0.356 e.